The molecule has 1 aliphatic rings. The van der Waals surface area contributed by atoms with Crippen molar-refractivity contribution in [2.24, 2.45) is 17.1 Å². The molecule has 0 bridgehead atoms. The first-order valence-corrected chi connectivity index (χ1v) is 6.49. The first kappa shape index (κ1) is 13.5. The van der Waals surface area contributed by atoms with Crippen molar-refractivity contribution in [1.29, 1.82) is 0 Å². The number of hydrogen-bond donors (Lipinski definition) is 1. The van der Waals surface area contributed by atoms with E-state index in [9.17, 15) is 4.79 Å². The van der Waals surface area contributed by atoms with Crippen molar-refractivity contribution < 1.29 is 4.79 Å². The fourth-order valence-corrected chi connectivity index (χ4v) is 2.34. The summed E-state index contributed by atoms with van der Waals surface area (Å²) in [6.07, 6.45) is 4.31. The molecule has 3 nitrogen and oxygen atoms in total. The van der Waals surface area contributed by atoms with Gasteiger partial charge in [-0.05, 0) is 31.1 Å². The second kappa shape index (κ2) is 5.67. The van der Waals surface area contributed by atoms with E-state index in [0.29, 0.717) is 12.0 Å². The van der Waals surface area contributed by atoms with Gasteiger partial charge in [-0.25, -0.2) is 0 Å². The molecule has 1 rings (SSSR count). The van der Waals surface area contributed by atoms with E-state index in [0.717, 1.165) is 32.4 Å². The molecular weight excluding hydrogens is 200 g/mol. The van der Waals surface area contributed by atoms with Gasteiger partial charge in [0.2, 0.25) is 5.91 Å². The van der Waals surface area contributed by atoms with Crippen LogP contribution in [0.2, 0.25) is 0 Å². The summed E-state index contributed by atoms with van der Waals surface area (Å²) < 4.78 is 0. The van der Waals surface area contributed by atoms with Crippen LogP contribution in [0.1, 0.15) is 46.5 Å². The lowest BCUT2D eigenvalue weighted by atomic mass is 9.85. The number of likely N-dealkylation sites (tertiary alicyclic amines) is 1. The van der Waals surface area contributed by atoms with Crippen molar-refractivity contribution in [1.82, 2.24) is 4.90 Å². The van der Waals surface area contributed by atoms with Crippen molar-refractivity contribution >= 4 is 5.91 Å². The fourth-order valence-electron chi connectivity index (χ4n) is 2.34. The van der Waals surface area contributed by atoms with Crippen LogP contribution in [0.3, 0.4) is 0 Å². The Balaban J connectivity index is 2.57. The largest absolute Gasteiger partial charge is 0.342 e. The zero-order valence-electron chi connectivity index (χ0n) is 11.0. The van der Waals surface area contributed by atoms with Gasteiger partial charge in [0.05, 0.1) is 5.92 Å². The Hall–Kier alpha value is -0.570. The quantitative estimate of drug-likeness (QED) is 0.800. The van der Waals surface area contributed by atoms with Gasteiger partial charge in [-0.2, -0.15) is 0 Å². The maximum atomic E-state index is 12.2. The van der Waals surface area contributed by atoms with Crippen LogP contribution >= 0.6 is 0 Å². The molecule has 1 aliphatic heterocycles. The lowest BCUT2D eigenvalue weighted by Crippen LogP contribution is -2.39. The molecule has 0 aliphatic carbocycles. The summed E-state index contributed by atoms with van der Waals surface area (Å²) in [7, 11) is 0. The van der Waals surface area contributed by atoms with Gasteiger partial charge in [0.1, 0.15) is 0 Å². The minimum atomic E-state index is 0.0289. The van der Waals surface area contributed by atoms with E-state index in [1.54, 1.807) is 0 Å². The lowest BCUT2D eigenvalue weighted by Gasteiger charge is -2.26. The third kappa shape index (κ3) is 3.48. The number of rotatable bonds is 3. The van der Waals surface area contributed by atoms with E-state index in [4.69, 9.17) is 5.73 Å². The third-order valence-corrected chi connectivity index (χ3v) is 3.78. The van der Waals surface area contributed by atoms with E-state index in [-0.39, 0.29) is 11.8 Å². The molecule has 1 atom stereocenters. The van der Waals surface area contributed by atoms with E-state index >= 15 is 0 Å². The van der Waals surface area contributed by atoms with Crippen molar-refractivity contribution in [3.63, 3.8) is 0 Å². The Morgan fingerprint density at radius 2 is 2.06 bits per heavy atom. The smallest absolute Gasteiger partial charge is 0.226 e. The van der Waals surface area contributed by atoms with E-state index < -0.39 is 0 Å². The van der Waals surface area contributed by atoms with Gasteiger partial charge in [-0.1, -0.05) is 20.8 Å². The number of nitrogens with two attached hydrogens (primary N) is 1. The number of carbonyl (C=O) groups is 1. The van der Waals surface area contributed by atoms with Crippen molar-refractivity contribution in [2.75, 3.05) is 19.6 Å². The molecule has 1 fully saturated rings. The van der Waals surface area contributed by atoms with Crippen LogP contribution in [-0.2, 0) is 4.79 Å². The van der Waals surface area contributed by atoms with Gasteiger partial charge in [0.25, 0.3) is 0 Å². The van der Waals surface area contributed by atoms with Crippen LogP contribution in [0.4, 0.5) is 0 Å². The molecule has 0 saturated carbocycles. The second-order valence-electron chi connectivity index (χ2n) is 5.68. The van der Waals surface area contributed by atoms with E-state index in [2.05, 4.69) is 13.8 Å². The molecule has 1 heterocycles. The van der Waals surface area contributed by atoms with E-state index in [1.807, 2.05) is 11.8 Å². The van der Waals surface area contributed by atoms with Crippen LogP contribution in [0.5, 0.6) is 0 Å². The van der Waals surface area contributed by atoms with Crippen LogP contribution in [0.15, 0.2) is 0 Å². The van der Waals surface area contributed by atoms with Gasteiger partial charge >= 0.3 is 0 Å². The molecule has 16 heavy (non-hydrogen) atoms. The third-order valence-electron chi connectivity index (χ3n) is 3.78. The Bertz CT molecular complexity index is 234. The summed E-state index contributed by atoms with van der Waals surface area (Å²) in [6.45, 7) is 8.93. The Kier molecular flexibility index (Phi) is 4.78. The van der Waals surface area contributed by atoms with Crippen LogP contribution in [0, 0.1) is 11.3 Å². The average molecular weight is 226 g/mol. The minimum Gasteiger partial charge on any atom is -0.342 e. The SMILES string of the molecule is CCC(CN)C(=O)N1CCCC(C)(C)CC1. The highest BCUT2D eigenvalue weighted by Gasteiger charge is 2.27. The maximum Gasteiger partial charge on any atom is 0.226 e. The Labute approximate surface area is 99.4 Å². The Morgan fingerprint density at radius 1 is 1.38 bits per heavy atom. The molecule has 1 unspecified atom stereocenters. The predicted octanol–water partition coefficient (Wildman–Crippen LogP) is 2.01. The maximum absolute atomic E-state index is 12.2. The molecule has 3 heteroatoms. The minimum absolute atomic E-state index is 0.0289. The highest BCUT2D eigenvalue weighted by Crippen LogP contribution is 2.30. The number of carbonyl (C=O) groups excluding carboxylic acids is 1. The first-order valence-electron chi connectivity index (χ1n) is 6.49. The van der Waals surface area contributed by atoms with Crippen molar-refractivity contribution in [2.45, 2.75) is 46.5 Å². The fraction of sp³-hybridized carbons (Fsp3) is 0.923. The summed E-state index contributed by atoms with van der Waals surface area (Å²) in [6, 6.07) is 0. The molecule has 2 N–H and O–H groups in total. The summed E-state index contributed by atoms with van der Waals surface area (Å²) >= 11 is 0. The zero-order valence-corrected chi connectivity index (χ0v) is 11.0. The van der Waals surface area contributed by atoms with E-state index in [1.165, 1.54) is 6.42 Å². The van der Waals surface area contributed by atoms with Gasteiger partial charge in [-0.3, -0.25) is 4.79 Å². The van der Waals surface area contributed by atoms with Gasteiger partial charge in [0.15, 0.2) is 0 Å². The average Bonchev–Trinajstić information content (AvgIpc) is 2.41. The highest BCUT2D eigenvalue weighted by molar-refractivity contribution is 5.79. The molecule has 1 amide bonds. The summed E-state index contributed by atoms with van der Waals surface area (Å²) in [5, 5.41) is 0. The molecule has 0 spiro atoms. The molecule has 0 aromatic rings. The van der Waals surface area contributed by atoms with Gasteiger partial charge in [-0.15, -0.1) is 0 Å². The molecule has 0 aromatic heterocycles. The number of amides is 1. The molecule has 0 aromatic carbocycles. The standard InChI is InChI=1S/C13H26N2O/c1-4-11(10-14)12(16)15-8-5-6-13(2,3)7-9-15/h11H,4-10,14H2,1-3H3. The normalized spacial score (nSPS) is 22.6. The first-order chi connectivity index (χ1) is 7.50. The molecule has 0 radical (unpaired) electrons. The van der Waals surface area contributed by atoms with Gasteiger partial charge in [0, 0.05) is 19.6 Å². The monoisotopic (exact) mass is 226 g/mol. The topological polar surface area (TPSA) is 46.3 Å². The summed E-state index contributed by atoms with van der Waals surface area (Å²) in [5.74, 6) is 0.295. The zero-order chi connectivity index (χ0) is 12.2. The summed E-state index contributed by atoms with van der Waals surface area (Å²) in [5.41, 5.74) is 6.02. The van der Waals surface area contributed by atoms with Crippen LogP contribution in [0.25, 0.3) is 0 Å². The Morgan fingerprint density at radius 3 is 2.62 bits per heavy atom. The predicted molar refractivity (Wildman–Crippen MR) is 67.0 cm³/mol. The lowest BCUT2D eigenvalue weighted by molar-refractivity contribution is -0.135. The summed E-state index contributed by atoms with van der Waals surface area (Å²) in [4.78, 5) is 14.2. The number of hydrogen-bond acceptors (Lipinski definition) is 2. The second-order valence-corrected chi connectivity index (χ2v) is 5.68. The van der Waals surface area contributed by atoms with Crippen molar-refractivity contribution in [3.8, 4) is 0 Å². The molecule has 94 valence electrons. The number of nitrogens with zero attached hydrogens (tertiary/aromatic N) is 1. The van der Waals surface area contributed by atoms with Crippen LogP contribution < -0.4 is 5.73 Å². The van der Waals surface area contributed by atoms with Crippen molar-refractivity contribution in [3.05, 3.63) is 0 Å². The van der Waals surface area contributed by atoms with Crippen LogP contribution in [-0.4, -0.2) is 30.4 Å². The highest BCUT2D eigenvalue weighted by atomic mass is 16.2. The molecule has 1 saturated heterocycles. The molecular formula is C13H26N2O. The van der Waals surface area contributed by atoms with Gasteiger partial charge < -0.3 is 10.6 Å².